The molecule has 2 aromatic rings. The molecule has 5 rings (SSSR count). The van der Waals surface area contributed by atoms with Crippen LogP contribution in [0, 0.1) is 24.7 Å². The Balaban J connectivity index is 1.41. The van der Waals surface area contributed by atoms with Crippen LogP contribution in [0.15, 0.2) is 34.9 Å². The van der Waals surface area contributed by atoms with Crippen molar-refractivity contribution in [2.75, 3.05) is 33.3 Å². The molecule has 1 aliphatic carbocycles. The number of methoxy groups -OCH3 is 1. The number of fused-ring (bicyclic) bond motifs is 1. The maximum Gasteiger partial charge on any atom is 0.276 e. The Morgan fingerprint density at radius 3 is 2.62 bits per heavy atom. The van der Waals surface area contributed by atoms with E-state index in [2.05, 4.69) is 22.0 Å². The molecular weight excluding hydrogens is 366 g/mol. The summed E-state index contributed by atoms with van der Waals surface area (Å²) in [5.74, 6) is 3.19. The van der Waals surface area contributed by atoms with Crippen molar-refractivity contribution in [2.45, 2.75) is 32.2 Å². The first-order chi connectivity index (χ1) is 14.1. The van der Waals surface area contributed by atoms with Gasteiger partial charge in [0, 0.05) is 39.0 Å². The van der Waals surface area contributed by atoms with Crippen molar-refractivity contribution in [1.82, 2.24) is 14.8 Å². The number of amides is 1. The zero-order valence-corrected chi connectivity index (χ0v) is 17.2. The van der Waals surface area contributed by atoms with Crippen LogP contribution in [0.25, 0.3) is 0 Å². The molecule has 0 unspecified atom stereocenters. The summed E-state index contributed by atoms with van der Waals surface area (Å²) in [5.41, 5.74) is 1.59. The van der Waals surface area contributed by atoms with Gasteiger partial charge in [-0.1, -0.05) is 18.6 Å². The molecule has 2 saturated heterocycles. The molecular formula is C23H29N3O3. The van der Waals surface area contributed by atoms with Gasteiger partial charge in [0.1, 0.15) is 12.0 Å². The molecule has 1 saturated carbocycles. The van der Waals surface area contributed by atoms with Gasteiger partial charge < -0.3 is 19.0 Å². The Hall–Kier alpha value is -2.34. The van der Waals surface area contributed by atoms with Crippen LogP contribution in [0.5, 0.6) is 5.75 Å². The third-order valence-corrected chi connectivity index (χ3v) is 7.04. The summed E-state index contributed by atoms with van der Waals surface area (Å²) in [7, 11) is 1.68. The van der Waals surface area contributed by atoms with E-state index in [0.717, 1.165) is 31.3 Å². The lowest BCUT2D eigenvalue weighted by Crippen LogP contribution is -2.37. The minimum Gasteiger partial charge on any atom is -0.497 e. The van der Waals surface area contributed by atoms with Crippen molar-refractivity contribution < 1.29 is 13.9 Å². The second-order valence-electron chi connectivity index (χ2n) is 8.87. The third-order valence-electron chi connectivity index (χ3n) is 7.04. The number of carbonyl (C=O) groups is 1. The minimum atomic E-state index is -0.0254. The van der Waals surface area contributed by atoms with Crippen molar-refractivity contribution in [1.29, 1.82) is 0 Å². The van der Waals surface area contributed by atoms with Gasteiger partial charge in [-0.05, 0) is 42.4 Å². The Morgan fingerprint density at radius 2 is 2.00 bits per heavy atom. The van der Waals surface area contributed by atoms with E-state index < -0.39 is 0 Å². The predicted molar refractivity (Wildman–Crippen MR) is 109 cm³/mol. The van der Waals surface area contributed by atoms with Crippen LogP contribution >= 0.6 is 0 Å². The van der Waals surface area contributed by atoms with E-state index in [1.54, 1.807) is 14.0 Å². The number of aromatic nitrogens is 1. The second-order valence-corrected chi connectivity index (χ2v) is 8.87. The quantitative estimate of drug-likeness (QED) is 0.775. The summed E-state index contributed by atoms with van der Waals surface area (Å²) >= 11 is 0. The first kappa shape index (κ1) is 18.7. The Bertz CT molecular complexity index is 874. The topological polar surface area (TPSA) is 58.8 Å². The molecule has 3 atom stereocenters. The second kappa shape index (κ2) is 7.48. The van der Waals surface area contributed by atoms with Crippen molar-refractivity contribution in [3.8, 4) is 5.75 Å². The first-order valence-corrected chi connectivity index (χ1v) is 10.7. The van der Waals surface area contributed by atoms with Crippen LogP contribution in [-0.2, 0) is 0 Å². The molecule has 154 valence electrons. The number of ether oxygens (including phenoxy) is 1. The van der Waals surface area contributed by atoms with Crippen molar-refractivity contribution >= 4 is 5.91 Å². The van der Waals surface area contributed by atoms with Crippen LogP contribution in [-0.4, -0.2) is 54.0 Å². The smallest absolute Gasteiger partial charge is 0.276 e. The maximum absolute atomic E-state index is 13.3. The van der Waals surface area contributed by atoms with Crippen LogP contribution < -0.4 is 4.74 Å². The number of likely N-dealkylation sites (tertiary alicyclic amines) is 2. The maximum atomic E-state index is 13.3. The first-order valence-electron chi connectivity index (χ1n) is 10.7. The van der Waals surface area contributed by atoms with Gasteiger partial charge in [0.25, 0.3) is 5.91 Å². The van der Waals surface area contributed by atoms with Gasteiger partial charge in [-0.25, -0.2) is 4.98 Å². The van der Waals surface area contributed by atoms with Gasteiger partial charge in [-0.2, -0.15) is 0 Å². The number of nitrogens with zero attached hydrogens (tertiary/aromatic N) is 3. The van der Waals surface area contributed by atoms with Gasteiger partial charge >= 0.3 is 0 Å². The summed E-state index contributed by atoms with van der Waals surface area (Å²) in [6, 6.07) is 8.27. The molecule has 1 aromatic heterocycles. The predicted octanol–water partition coefficient (Wildman–Crippen LogP) is 3.54. The van der Waals surface area contributed by atoms with Crippen molar-refractivity contribution in [3.63, 3.8) is 0 Å². The molecule has 6 nitrogen and oxygen atoms in total. The standard InChI is InChI=1S/C23H29N3O3/c1-15-24-21(14-29-15)23(27)26-12-18-11-25(10-16-4-3-5-16)13-20(18)22(26)17-6-8-19(28-2)9-7-17/h6-9,14,16,18,20,22H,3-5,10-13H2,1-2H3/t18-,20-,22-/m0/s1. The van der Waals surface area contributed by atoms with Crippen LogP contribution in [0.3, 0.4) is 0 Å². The lowest BCUT2D eigenvalue weighted by atomic mass is 9.85. The van der Waals surface area contributed by atoms with Gasteiger partial charge in [-0.15, -0.1) is 0 Å². The SMILES string of the molecule is COc1ccc([C@H]2[C@H]3CN(CC4CCC4)C[C@H]3CN2C(=O)c2coc(C)n2)cc1. The summed E-state index contributed by atoms with van der Waals surface area (Å²) < 4.78 is 10.6. The highest BCUT2D eigenvalue weighted by atomic mass is 16.5. The molecule has 3 aliphatic rings. The van der Waals surface area contributed by atoms with E-state index in [0.29, 0.717) is 23.4 Å². The van der Waals surface area contributed by atoms with Gasteiger partial charge in [0.2, 0.25) is 0 Å². The lowest BCUT2D eigenvalue weighted by Gasteiger charge is -2.33. The molecule has 2 aliphatic heterocycles. The largest absolute Gasteiger partial charge is 0.497 e. The highest BCUT2D eigenvalue weighted by Gasteiger charge is 2.49. The average Bonchev–Trinajstić information content (AvgIpc) is 3.38. The molecule has 1 aromatic carbocycles. The molecule has 29 heavy (non-hydrogen) atoms. The highest BCUT2D eigenvalue weighted by molar-refractivity contribution is 5.92. The molecule has 0 bridgehead atoms. The number of carbonyl (C=O) groups excluding carboxylic acids is 1. The molecule has 0 radical (unpaired) electrons. The summed E-state index contributed by atoms with van der Waals surface area (Å²) in [6.45, 7) is 5.94. The molecule has 0 N–H and O–H groups in total. The van der Waals surface area contributed by atoms with E-state index in [9.17, 15) is 4.79 Å². The lowest BCUT2D eigenvalue weighted by molar-refractivity contribution is 0.0689. The Kier molecular flexibility index (Phi) is 4.82. The fraction of sp³-hybridized carbons (Fsp3) is 0.565. The van der Waals surface area contributed by atoms with E-state index in [1.165, 1.54) is 37.6 Å². The zero-order valence-electron chi connectivity index (χ0n) is 17.2. The number of oxazole rings is 1. The van der Waals surface area contributed by atoms with Gasteiger partial charge in [0.05, 0.1) is 13.2 Å². The fourth-order valence-corrected chi connectivity index (χ4v) is 5.37. The van der Waals surface area contributed by atoms with E-state index in [4.69, 9.17) is 9.15 Å². The fourth-order valence-electron chi connectivity index (χ4n) is 5.37. The minimum absolute atomic E-state index is 0.0254. The zero-order chi connectivity index (χ0) is 20.0. The van der Waals surface area contributed by atoms with Crippen LogP contribution in [0.1, 0.15) is 47.2 Å². The summed E-state index contributed by atoms with van der Waals surface area (Å²) in [4.78, 5) is 22.2. The highest BCUT2D eigenvalue weighted by Crippen LogP contribution is 2.46. The molecule has 3 fully saturated rings. The van der Waals surface area contributed by atoms with Crippen LogP contribution in [0.2, 0.25) is 0 Å². The summed E-state index contributed by atoms with van der Waals surface area (Å²) in [5, 5.41) is 0. The van der Waals surface area contributed by atoms with E-state index in [-0.39, 0.29) is 11.9 Å². The Morgan fingerprint density at radius 1 is 1.21 bits per heavy atom. The third kappa shape index (κ3) is 3.44. The van der Waals surface area contributed by atoms with Gasteiger partial charge in [-0.3, -0.25) is 4.79 Å². The Labute approximate surface area is 171 Å². The molecule has 1 amide bonds. The van der Waals surface area contributed by atoms with Crippen LogP contribution in [0.4, 0.5) is 0 Å². The van der Waals surface area contributed by atoms with Crippen molar-refractivity contribution in [3.05, 3.63) is 47.7 Å². The summed E-state index contributed by atoms with van der Waals surface area (Å²) in [6.07, 6.45) is 5.63. The molecule has 3 heterocycles. The monoisotopic (exact) mass is 395 g/mol. The van der Waals surface area contributed by atoms with Crippen molar-refractivity contribution in [2.24, 2.45) is 17.8 Å². The molecule has 6 heteroatoms. The van der Waals surface area contributed by atoms with Gasteiger partial charge in [0.15, 0.2) is 11.6 Å². The average molecular weight is 396 g/mol. The van der Waals surface area contributed by atoms with E-state index >= 15 is 0 Å². The number of benzene rings is 1. The number of aryl methyl sites for hydroxylation is 1. The number of hydrogen-bond acceptors (Lipinski definition) is 5. The number of hydrogen-bond donors (Lipinski definition) is 0. The molecule has 0 spiro atoms. The normalized spacial score (nSPS) is 27.1. The van der Waals surface area contributed by atoms with E-state index in [1.807, 2.05) is 17.0 Å². The number of rotatable bonds is 5.